The maximum absolute atomic E-state index is 12.6. The van der Waals surface area contributed by atoms with Crippen LogP contribution < -0.4 is 19.5 Å². The average molecular weight is 414 g/mol. The summed E-state index contributed by atoms with van der Waals surface area (Å²) in [6.07, 6.45) is 1.53. The monoisotopic (exact) mass is 414 g/mol. The van der Waals surface area contributed by atoms with Gasteiger partial charge in [-0.05, 0) is 48.5 Å². The Morgan fingerprint density at radius 1 is 0.966 bits per heavy atom. The first-order valence-corrected chi connectivity index (χ1v) is 10.3. The van der Waals surface area contributed by atoms with Crippen LogP contribution >= 0.6 is 0 Å². The lowest BCUT2D eigenvalue weighted by atomic mass is 10.2. The molecular weight excluding hydrogens is 396 g/mol. The second-order valence-electron chi connectivity index (χ2n) is 6.25. The maximum Gasteiger partial charge on any atom is 0.262 e. The molecule has 3 aromatic rings. The van der Waals surface area contributed by atoms with Crippen LogP contribution in [-0.4, -0.2) is 27.5 Å². The molecule has 0 radical (unpaired) electrons. The standard InChI is InChI=1S/C20H18N2O6S/c23-20(21-13-16-2-1-9-26-16)14-3-5-15(6-4-14)22-29(24,25)17-7-8-18-19(12-17)28-11-10-27-18/h1-9,12,22H,10-11,13H2,(H,21,23). The third-order valence-corrected chi connectivity index (χ3v) is 5.61. The van der Waals surface area contributed by atoms with Crippen molar-refractivity contribution in [1.82, 2.24) is 5.32 Å². The fourth-order valence-corrected chi connectivity index (χ4v) is 3.85. The number of ether oxygens (including phenoxy) is 2. The zero-order chi connectivity index (χ0) is 20.3. The Morgan fingerprint density at radius 3 is 2.45 bits per heavy atom. The summed E-state index contributed by atoms with van der Waals surface area (Å²) in [6, 6.07) is 14.1. The first kappa shape index (κ1) is 18.9. The quantitative estimate of drug-likeness (QED) is 0.642. The topological polar surface area (TPSA) is 107 Å². The van der Waals surface area contributed by atoms with Crippen molar-refractivity contribution in [3.05, 3.63) is 72.2 Å². The molecule has 0 fully saturated rings. The van der Waals surface area contributed by atoms with Crippen molar-refractivity contribution in [2.45, 2.75) is 11.4 Å². The van der Waals surface area contributed by atoms with E-state index in [1.165, 1.54) is 30.5 Å². The van der Waals surface area contributed by atoms with Crippen LogP contribution in [0.25, 0.3) is 0 Å². The molecule has 150 valence electrons. The van der Waals surface area contributed by atoms with Crippen molar-refractivity contribution in [2.75, 3.05) is 17.9 Å². The highest BCUT2D eigenvalue weighted by Gasteiger charge is 2.19. The van der Waals surface area contributed by atoms with E-state index in [1.54, 1.807) is 30.3 Å². The molecule has 2 aromatic carbocycles. The van der Waals surface area contributed by atoms with Gasteiger partial charge in [0.05, 0.1) is 17.7 Å². The Balaban J connectivity index is 1.43. The molecule has 1 aliphatic heterocycles. The van der Waals surface area contributed by atoms with Crippen LogP contribution in [0, 0.1) is 0 Å². The van der Waals surface area contributed by atoms with Gasteiger partial charge in [-0.15, -0.1) is 0 Å². The molecule has 0 saturated carbocycles. The highest BCUT2D eigenvalue weighted by molar-refractivity contribution is 7.92. The Morgan fingerprint density at radius 2 is 1.72 bits per heavy atom. The molecule has 29 heavy (non-hydrogen) atoms. The number of carbonyl (C=O) groups excluding carboxylic acids is 1. The summed E-state index contributed by atoms with van der Waals surface area (Å²) in [5.41, 5.74) is 0.737. The molecule has 4 rings (SSSR count). The van der Waals surface area contributed by atoms with Gasteiger partial charge in [0.15, 0.2) is 11.5 Å². The van der Waals surface area contributed by atoms with Gasteiger partial charge in [0.1, 0.15) is 19.0 Å². The fourth-order valence-electron chi connectivity index (χ4n) is 2.78. The zero-order valence-corrected chi connectivity index (χ0v) is 16.1. The molecule has 1 amide bonds. The smallest absolute Gasteiger partial charge is 0.262 e. The highest BCUT2D eigenvalue weighted by Crippen LogP contribution is 2.32. The molecule has 0 unspecified atom stereocenters. The van der Waals surface area contributed by atoms with E-state index in [0.717, 1.165) is 0 Å². The summed E-state index contributed by atoms with van der Waals surface area (Å²) in [4.78, 5) is 12.2. The number of nitrogens with one attached hydrogen (secondary N) is 2. The number of carbonyl (C=O) groups is 1. The van der Waals surface area contributed by atoms with Gasteiger partial charge < -0.3 is 19.2 Å². The van der Waals surface area contributed by atoms with Crippen molar-refractivity contribution in [3.8, 4) is 11.5 Å². The van der Waals surface area contributed by atoms with Crippen LogP contribution in [0.15, 0.2) is 70.2 Å². The van der Waals surface area contributed by atoms with Gasteiger partial charge in [0.25, 0.3) is 15.9 Å². The predicted molar refractivity (Wildman–Crippen MR) is 105 cm³/mol. The van der Waals surface area contributed by atoms with Crippen LogP contribution in [0.3, 0.4) is 0 Å². The van der Waals surface area contributed by atoms with Crippen LogP contribution in [0.1, 0.15) is 16.1 Å². The van der Waals surface area contributed by atoms with Gasteiger partial charge in [-0.3, -0.25) is 9.52 Å². The van der Waals surface area contributed by atoms with E-state index in [4.69, 9.17) is 13.9 Å². The molecule has 0 saturated heterocycles. The third-order valence-electron chi connectivity index (χ3n) is 4.23. The SMILES string of the molecule is O=C(NCc1ccco1)c1ccc(NS(=O)(=O)c2ccc3c(c2)OCCO3)cc1. The number of benzene rings is 2. The molecular formula is C20H18N2O6S. The molecule has 1 aliphatic rings. The van der Waals surface area contributed by atoms with Gasteiger partial charge in [-0.1, -0.05) is 0 Å². The predicted octanol–water partition coefficient (Wildman–Crippen LogP) is 2.78. The Hall–Kier alpha value is -3.46. The molecule has 2 N–H and O–H groups in total. The minimum atomic E-state index is -3.82. The molecule has 1 aromatic heterocycles. The maximum atomic E-state index is 12.6. The lowest BCUT2D eigenvalue weighted by Gasteiger charge is -2.19. The second kappa shape index (κ2) is 7.88. The number of amides is 1. The summed E-state index contributed by atoms with van der Waals surface area (Å²) in [7, 11) is -3.82. The summed E-state index contributed by atoms with van der Waals surface area (Å²) >= 11 is 0. The van der Waals surface area contributed by atoms with E-state index in [1.807, 2.05) is 0 Å². The van der Waals surface area contributed by atoms with Crippen LogP contribution in [0.2, 0.25) is 0 Å². The normalized spacial score (nSPS) is 13.0. The number of hydrogen-bond donors (Lipinski definition) is 2. The minimum Gasteiger partial charge on any atom is -0.486 e. The molecule has 8 nitrogen and oxygen atoms in total. The third kappa shape index (κ3) is 4.35. The van der Waals surface area contributed by atoms with E-state index < -0.39 is 10.0 Å². The summed E-state index contributed by atoms with van der Waals surface area (Å²) in [5, 5.41) is 2.73. The zero-order valence-electron chi connectivity index (χ0n) is 15.3. The minimum absolute atomic E-state index is 0.0574. The Kier molecular flexibility index (Phi) is 5.13. The summed E-state index contributed by atoms with van der Waals surface area (Å²) in [6.45, 7) is 1.07. The van der Waals surface area contributed by atoms with E-state index in [2.05, 4.69) is 10.0 Å². The summed E-state index contributed by atoms with van der Waals surface area (Å²) in [5.74, 6) is 1.26. The molecule has 2 heterocycles. The molecule has 0 aliphatic carbocycles. The van der Waals surface area contributed by atoms with E-state index in [-0.39, 0.29) is 17.3 Å². The second-order valence-corrected chi connectivity index (χ2v) is 7.93. The van der Waals surface area contributed by atoms with Crippen molar-refractivity contribution < 1.29 is 27.1 Å². The van der Waals surface area contributed by atoms with Gasteiger partial charge in [-0.2, -0.15) is 0 Å². The molecule has 0 atom stereocenters. The number of anilines is 1. The first-order valence-electron chi connectivity index (χ1n) is 8.84. The van der Waals surface area contributed by atoms with Crippen LogP contribution in [0.4, 0.5) is 5.69 Å². The Labute approximate surface area is 167 Å². The lowest BCUT2D eigenvalue weighted by Crippen LogP contribution is -2.22. The molecule has 0 bridgehead atoms. The average Bonchev–Trinajstić information content (AvgIpc) is 3.25. The highest BCUT2D eigenvalue weighted by atomic mass is 32.2. The largest absolute Gasteiger partial charge is 0.486 e. The van der Waals surface area contributed by atoms with Crippen LogP contribution in [-0.2, 0) is 16.6 Å². The van der Waals surface area contributed by atoms with E-state index in [9.17, 15) is 13.2 Å². The number of rotatable bonds is 6. The summed E-state index contributed by atoms with van der Waals surface area (Å²) < 4.78 is 43.8. The van der Waals surface area contributed by atoms with Crippen molar-refractivity contribution in [2.24, 2.45) is 0 Å². The Bertz CT molecular complexity index is 1110. The van der Waals surface area contributed by atoms with E-state index in [0.29, 0.717) is 41.7 Å². The fraction of sp³-hybridized carbons (Fsp3) is 0.150. The molecule has 0 spiro atoms. The van der Waals surface area contributed by atoms with Crippen molar-refractivity contribution in [1.29, 1.82) is 0 Å². The lowest BCUT2D eigenvalue weighted by molar-refractivity contribution is 0.0948. The number of sulfonamides is 1. The van der Waals surface area contributed by atoms with Gasteiger partial charge >= 0.3 is 0 Å². The van der Waals surface area contributed by atoms with Gasteiger partial charge in [-0.25, -0.2) is 8.42 Å². The number of hydrogen-bond acceptors (Lipinski definition) is 6. The van der Waals surface area contributed by atoms with Crippen LogP contribution in [0.5, 0.6) is 11.5 Å². The van der Waals surface area contributed by atoms with Crippen molar-refractivity contribution in [3.63, 3.8) is 0 Å². The van der Waals surface area contributed by atoms with E-state index >= 15 is 0 Å². The van der Waals surface area contributed by atoms with Gasteiger partial charge in [0.2, 0.25) is 0 Å². The first-order chi connectivity index (χ1) is 14.0. The molecule has 9 heteroatoms. The van der Waals surface area contributed by atoms with Crippen molar-refractivity contribution >= 4 is 21.6 Å². The number of furan rings is 1. The number of fused-ring (bicyclic) bond motifs is 1. The van der Waals surface area contributed by atoms with Gasteiger partial charge in [0, 0.05) is 17.3 Å².